The van der Waals surface area contributed by atoms with Gasteiger partial charge in [0.25, 0.3) is 11.8 Å². The van der Waals surface area contributed by atoms with E-state index in [0.717, 1.165) is 11.3 Å². The number of piperazine rings is 1. The summed E-state index contributed by atoms with van der Waals surface area (Å²) in [5, 5.41) is 2.74. The van der Waals surface area contributed by atoms with E-state index in [1.165, 1.54) is 12.1 Å². The van der Waals surface area contributed by atoms with E-state index in [1.54, 1.807) is 24.4 Å². The number of nitrogens with one attached hydrogen (secondary N) is 1. The first-order valence-corrected chi connectivity index (χ1v) is 10.9. The lowest BCUT2D eigenvalue weighted by atomic mass is 10.2. The molecule has 4 aromatic rings. The second-order valence-corrected chi connectivity index (χ2v) is 8.01. The lowest BCUT2D eigenvalue weighted by Gasteiger charge is -2.36. The Kier molecular flexibility index (Phi) is 5.52. The van der Waals surface area contributed by atoms with Crippen LogP contribution in [0.2, 0.25) is 0 Å². The predicted molar refractivity (Wildman–Crippen MR) is 126 cm³/mol. The van der Waals surface area contributed by atoms with Crippen molar-refractivity contribution in [3.63, 3.8) is 0 Å². The maximum atomic E-state index is 13.4. The molecule has 0 unspecified atom stereocenters. The van der Waals surface area contributed by atoms with Gasteiger partial charge in [0, 0.05) is 49.1 Å². The predicted octanol–water partition coefficient (Wildman–Crippen LogP) is 4.29. The lowest BCUT2D eigenvalue weighted by molar-refractivity contribution is 0.0746. The molecule has 0 spiro atoms. The van der Waals surface area contributed by atoms with Gasteiger partial charge < -0.3 is 19.5 Å². The van der Waals surface area contributed by atoms with Gasteiger partial charge in [-0.1, -0.05) is 24.3 Å². The molecule has 1 N–H and O–H groups in total. The number of benzene rings is 2. The highest BCUT2D eigenvalue weighted by Gasteiger charge is 2.23. The molecule has 1 saturated heterocycles. The van der Waals surface area contributed by atoms with Crippen LogP contribution in [0.3, 0.4) is 0 Å². The van der Waals surface area contributed by atoms with E-state index in [-0.39, 0.29) is 11.8 Å². The summed E-state index contributed by atoms with van der Waals surface area (Å²) in [5.74, 6) is 0.310. The standard InChI is InChI=1S/C26H23FN4O2/c27-21-7-4-8-22(17-21)28-25(32)20-9-10-23-11-12-24(31(23)18-20)29-13-15-30(16-14-29)26(33)19-5-2-1-3-6-19/h1-12,17-18H,13-16H2,(H,28,32). The average molecular weight is 442 g/mol. The largest absolute Gasteiger partial charge is 0.354 e. The van der Waals surface area contributed by atoms with E-state index in [9.17, 15) is 14.0 Å². The normalized spacial score (nSPS) is 13.8. The molecule has 1 fully saturated rings. The van der Waals surface area contributed by atoms with Crippen molar-refractivity contribution >= 4 is 28.8 Å². The Morgan fingerprint density at radius 3 is 2.30 bits per heavy atom. The number of pyridine rings is 1. The Bertz CT molecular complexity index is 1310. The summed E-state index contributed by atoms with van der Waals surface area (Å²) in [6.45, 7) is 2.65. The molecule has 0 saturated carbocycles. The second kappa shape index (κ2) is 8.78. The van der Waals surface area contributed by atoms with Gasteiger partial charge >= 0.3 is 0 Å². The minimum atomic E-state index is -0.402. The summed E-state index contributed by atoms with van der Waals surface area (Å²) < 4.78 is 15.4. The molecule has 0 radical (unpaired) electrons. The van der Waals surface area contributed by atoms with Crippen molar-refractivity contribution in [1.29, 1.82) is 0 Å². The van der Waals surface area contributed by atoms with Crippen LogP contribution in [-0.2, 0) is 0 Å². The maximum absolute atomic E-state index is 13.4. The first kappa shape index (κ1) is 20.8. The molecule has 7 heteroatoms. The number of carbonyl (C=O) groups excluding carboxylic acids is 2. The van der Waals surface area contributed by atoms with Crippen molar-refractivity contribution in [2.45, 2.75) is 0 Å². The third kappa shape index (κ3) is 4.30. The molecule has 1 aliphatic rings. The van der Waals surface area contributed by atoms with E-state index >= 15 is 0 Å². The molecule has 3 heterocycles. The third-order valence-corrected chi connectivity index (χ3v) is 5.89. The highest BCUT2D eigenvalue weighted by molar-refractivity contribution is 6.04. The number of halogens is 1. The third-order valence-electron chi connectivity index (χ3n) is 5.89. The monoisotopic (exact) mass is 442 g/mol. The number of rotatable bonds is 4. The minimum absolute atomic E-state index is 0.0478. The van der Waals surface area contributed by atoms with Crippen LogP contribution >= 0.6 is 0 Å². The Morgan fingerprint density at radius 1 is 0.788 bits per heavy atom. The van der Waals surface area contributed by atoms with Gasteiger partial charge in [0.2, 0.25) is 0 Å². The lowest BCUT2D eigenvalue weighted by Crippen LogP contribution is -2.49. The first-order chi connectivity index (χ1) is 16.1. The highest BCUT2D eigenvalue weighted by Crippen LogP contribution is 2.23. The first-order valence-electron chi connectivity index (χ1n) is 10.9. The summed E-state index contributed by atoms with van der Waals surface area (Å²) in [4.78, 5) is 29.5. The van der Waals surface area contributed by atoms with Gasteiger partial charge in [0.15, 0.2) is 0 Å². The summed E-state index contributed by atoms with van der Waals surface area (Å²) >= 11 is 0. The van der Waals surface area contributed by atoms with E-state index in [1.807, 2.05) is 57.8 Å². The van der Waals surface area contributed by atoms with Gasteiger partial charge in [0.05, 0.1) is 5.56 Å². The van der Waals surface area contributed by atoms with E-state index in [0.29, 0.717) is 43.0 Å². The Morgan fingerprint density at radius 2 is 1.55 bits per heavy atom. The average Bonchev–Trinajstić information content (AvgIpc) is 3.27. The van der Waals surface area contributed by atoms with E-state index < -0.39 is 5.82 Å². The molecule has 5 rings (SSSR count). The van der Waals surface area contributed by atoms with Crippen LogP contribution in [0.5, 0.6) is 0 Å². The van der Waals surface area contributed by atoms with Gasteiger partial charge in [0.1, 0.15) is 11.6 Å². The van der Waals surface area contributed by atoms with Gasteiger partial charge in [-0.3, -0.25) is 9.59 Å². The van der Waals surface area contributed by atoms with Gasteiger partial charge in [-0.25, -0.2) is 4.39 Å². The van der Waals surface area contributed by atoms with Crippen LogP contribution in [-0.4, -0.2) is 47.3 Å². The van der Waals surface area contributed by atoms with Crippen LogP contribution in [0, 0.1) is 5.82 Å². The molecule has 0 atom stereocenters. The van der Waals surface area contributed by atoms with Crippen LogP contribution in [0.1, 0.15) is 20.7 Å². The number of carbonyl (C=O) groups is 2. The van der Waals surface area contributed by atoms with Crippen molar-refractivity contribution in [2.24, 2.45) is 0 Å². The van der Waals surface area contributed by atoms with Gasteiger partial charge in [-0.2, -0.15) is 0 Å². The molecule has 33 heavy (non-hydrogen) atoms. The number of anilines is 2. The zero-order valence-electron chi connectivity index (χ0n) is 17.9. The second-order valence-electron chi connectivity index (χ2n) is 8.01. The molecule has 1 aliphatic heterocycles. The molecule has 0 aliphatic carbocycles. The van der Waals surface area contributed by atoms with Crippen LogP contribution in [0.15, 0.2) is 85.1 Å². The zero-order valence-corrected chi connectivity index (χ0v) is 17.9. The van der Waals surface area contributed by atoms with Crippen LogP contribution < -0.4 is 10.2 Å². The van der Waals surface area contributed by atoms with Gasteiger partial charge in [-0.05, 0) is 54.6 Å². The number of hydrogen-bond donors (Lipinski definition) is 1. The molecule has 2 aromatic carbocycles. The quantitative estimate of drug-likeness (QED) is 0.513. The molecule has 2 aromatic heterocycles. The number of amides is 2. The van der Waals surface area contributed by atoms with Crippen molar-refractivity contribution in [3.8, 4) is 0 Å². The Labute approximate surface area is 190 Å². The topological polar surface area (TPSA) is 57.1 Å². The fraction of sp³-hybridized carbons (Fsp3) is 0.154. The summed E-state index contributed by atoms with van der Waals surface area (Å²) in [6.07, 6.45) is 1.79. The number of nitrogens with zero attached hydrogens (tertiary/aromatic N) is 3. The van der Waals surface area contributed by atoms with Crippen molar-refractivity contribution in [3.05, 3.63) is 102 Å². The molecule has 6 nitrogen and oxygen atoms in total. The summed E-state index contributed by atoms with van der Waals surface area (Å²) in [7, 11) is 0. The maximum Gasteiger partial charge on any atom is 0.257 e. The SMILES string of the molecule is O=C(Nc1cccc(F)c1)c1ccc2ccc(N3CCN(C(=O)c4ccccc4)CC3)n2c1. The zero-order chi connectivity index (χ0) is 22.8. The van der Waals surface area contributed by atoms with Crippen molar-refractivity contribution in [1.82, 2.24) is 9.30 Å². The van der Waals surface area contributed by atoms with Crippen LogP contribution in [0.4, 0.5) is 15.9 Å². The minimum Gasteiger partial charge on any atom is -0.354 e. The van der Waals surface area contributed by atoms with Gasteiger partial charge in [-0.15, -0.1) is 0 Å². The molecule has 2 amide bonds. The smallest absolute Gasteiger partial charge is 0.257 e. The Balaban J connectivity index is 1.31. The fourth-order valence-electron chi connectivity index (χ4n) is 4.15. The van der Waals surface area contributed by atoms with E-state index in [4.69, 9.17) is 0 Å². The van der Waals surface area contributed by atoms with Crippen molar-refractivity contribution in [2.75, 3.05) is 36.4 Å². The molecule has 0 bridgehead atoms. The molecule has 166 valence electrons. The number of fused-ring (bicyclic) bond motifs is 1. The highest BCUT2D eigenvalue weighted by atomic mass is 19.1. The van der Waals surface area contributed by atoms with Crippen molar-refractivity contribution < 1.29 is 14.0 Å². The summed E-state index contributed by atoms with van der Waals surface area (Å²) in [5.41, 5.74) is 2.55. The molecular weight excluding hydrogens is 419 g/mol. The fourth-order valence-corrected chi connectivity index (χ4v) is 4.15. The van der Waals surface area contributed by atoms with Crippen LogP contribution in [0.25, 0.3) is 5.52 Å². The van der Waals surface area contributed by atoms with E-state index in [2.05, 4.69) is 10.2 Å². The number of aromatic nitrogens is 1. The molecular formula is C26H23FN4O2. The number of hydrogen-bond acceptors (Lipinski definition) is 3. The Hall–Kier alpha value is -4.13. The summed E-state index contributed by atoms with van der Waals surface area (Å²) in [6, 6.07) is 22.8.